The van der Waals surface area contributed by atoms with Gasteiger partial charge in [-0.05, 0) is 101 Å². The first-order valence-electron chi connectivity index (χ1n) is 27.6. The molecule has 4 aliphatic rings. The Morgan fingerprint density at radius 3 is 0.861 bits per heavy atom. The number of rotatable bonds is 29. The van der Waals surface area contributed by atoms with Crippen molar-refractivity contribution in [1.82, 2.24) is 19.6 Å². The molecule has 0 saturated carbocycles. The molecule has 72 heavy (non-hydrogen) atoms. The highest BCUT2D eigenvalue weighted by Crippen LogP contribution is 2.54. The molecule has 8 nitrogen and oxygen atoms in total. The minimum Gasteiger partial charge on any atom is -0.303 e. The quantitative estimate of drug-likeness (QED) is 0.0508. The average Bonchev–Trinajstić information content (AvgIpc) is 4.24. The molecule has 4 aromatic heterocycles. The van der Waals surface area contributed by atoms with E-state index in [1.165, 1.54) is 12.8 Å². The van der Waals surface area contributed by atoms with Gasteiger partial charge >= 0.3 is 0 Å². The van der Waals surface area contributed by atoms with Crippen molar-refractivity contribution < 1.29 is 19.2 Å². The number of carbonyl (C=O) groups is 4. The van der Waals surface area contributed by atoms with Crippen molar-refractivity contribution in [1.29, 1.82) is 0 Å². The minimum atomic E-state index is -0.0988. The van der Waals surface area contributed by atoms with Crippen LogP contribution in [-0.2, 0) is 19.2 Å². The zero-order valence-electron chi connectivity index (χ0n) is 44.3. The van der Waals surface area contributed by atoms with Gasteiger partial charge in [0.15, 0.2) is 0 Å². The van der Waals surface area contributed by atoms with Crippen molar-refractivity contribution in [3.63, 3.8) is 0 Å². The molecule has 4 aromatic rings. The van der Waals surface area contributed by atoms with Gasteiger partial charge in [0.1, 0.15) is 0 Å². The molecule has 0 bridgehead atoms. The van der Waals surface area contributed by atoms with Gasteiger partial charge in [0.05, 0.1) is 64.6 Å². The normalized spacial score (nSPS) is 17.8. The predicted octanol–water partition coefficient (Wildman–Crippen LogP) is 16.6. The maximum atomic E-state index is 15.2. The van der Waals surface area contributed by atoms with Crippen molar-refractivity contribution >= 4 is 91.8 Å². The lowest BCUT2D eigenvalue weighted by Crippen LogP contribution is -2.37. The summed E-state index contributed by atoms with van der Waals surface area (Å²) in [4.78, 5) is 74.4. The highest BCUT2D eigenvalue weighted by molar-refractivity contribution is 7.23. The largest absolute Gasteiger partial charge is 0.303 e. The van der Waals surface area contributed by atoms with E-state index in [0.717, 1.165) is 168 Å². The van der Waals surface area contributed by atoms with E-state index >= 15 is 19.2 Å². The summed E-state index contributed by atoms with van der Waals surface area (Å²) in [6.45, 7) is 17.5. The number of fused-ring (bicyclic) bond motifs is 2. The standard InChI is InChI=1S/C60H78N4O4S4/c1-9-13-17-21-27-39(5)61-53(45-31-25-37-69-45)49-51(59(61)67)55(63(57(49)65)41(7)29-23-19-15-11-3)47-35-33-43(71-47)44-34-36-48(72-44)56-52-50(58(66)64(56)42(8)30-24-20-16-12-4)54(46-32-26-38-70-46)62(60(52)68)40(6)28-22-18-14-10-2/h25-26,31-42H,9-24,27-30H2,1-8H3. The molecule has 0 N–H and O–H groups in total. The van der Waals surface area contributed by atoms with E-state index in [1.807, 2.05) is 42.5 Å². The second-order valence-corrected chi connectivity index (χ2v) is 24.7. The number of nitrogens with zero attached hydrogens (tertiary/aromatic N) is 4. The molecule has 0 saturated heterocycles. The van der Waals surface area contributed by atoms with Gasteiger partial charge in [0.25, 0.3) is 23.6 Å². The zero-order valence-corrected chi connectivity index (χ0v) is 47.5. The maximum absolute atomic E-state index is 15.2. The highest BCUT2D eigenvalue weighted by Gasteiger charge is 2.53. The van der Waals surface area contributed by atoms with Crippen molar-refractivity contribution in [2.75, 3.05) is 0 Å². The van der Waals surface area contributed by atoms with Crippen molar-refractivity contribution in [3.8, 4) is 9.75 Å². The highest BCUT2D eigenvalue weighted by atomic mass is 32.1. The number of carbonyl (C=O) groups excluding carboxylic acids is 4. The second kappa shape index (κ2) is 24.8. The Morgan fingerprint density at radius 1 is 0.347 bits per heavy atom. The number of thiophene rings is 4. The molecule has 0 aromatic carbocycles. The lowest BCUT2D eigenvalue weighted by atomic mass is 10.1. The summed E-state index contributed by atoms with van der Waals surface area (Å²) >= 11 is 6.42. The molecule has 4 atom stereocenters. The maximum Gasteiger partial charge on any atom is 0.261 e. The van der Waals surface area contributed by atoms with Gasteiger partial charge in [-0.2, -0.15) is 0 Å². The number of unbranched alkanes of at least 4 members (excludes halogenated alkanes) is 12. The predicted molar refractivity (Wildman–Crippen MR) is 304 cm³/mol. The molecule has 0 aliphatic carbocycles. The van der Waals surface area contributed by atoms with E-state index in [-0.39, 0.29) is 47.8 Å². The molecule has 8 heterocycles. The summed E-state index contributed by atoms with van der Waals surface area (Å²) in [5.74, 6) is -0.302. The van der Waals surface area contributed by atoms with Crippen LogP contribution in [0.1, 0.15) is 203 Å². The van der Waals surface area contributed by atoms with Gasteiger partial charge < -0.3 is 19.6 Å². The SMILES string of the molecule is CCCCCCC(C)N1C(=O)C2=C(c3ccc(-c4ccc(C5=C6C(=O)N(C(C)CCCCCC)C(c7cccs7)=C6C(=O)N5C(C)CCCCCC)s4)s3)N(C(C)CCCCCC)C(=O)C2=C1c1cccs1. The van der Waals surface area contributed by atoms with Crippen molar-refractivity contribution in [2.45, 2.75) is 208 Å². The van der Waals surface area contributed by atoms with Crippen LogP contribution in [0.3, 0.4) is 0 Å². The summed E-state index contributed by atoms with van der Waals surface area (Å²) in [6, 6.07) is 16.3. The molecule has 0 spiro atoms. The van der Waals surface area contributed by atoms with Gasteiger partial charge in [0.2, 0.25) is 0 Å². The molecule has 12 heteroatoms. The molecule has 0 fully saturated rings. The fourth-order valence-corrected chi connectivity index (χ4v) is 15.1. The summed E-state index contributed by atoms with van der Waals surface area (Å²) < 4.78 is 0. The van der Waals surface area contributed by atoms with Crippen LogP contribution in [-0.4, -0.2) is 67.4 Å². The van der Waals surface area contributed by atoms with Crippen LogP contribution < -0.4 is 0 Å². The third-order valence-electron chi connectivity index (χ3n) is 15.2. The van der Waals surface area contributed by atoms with Gasteiger partial charge in [-0.3, -0.25) is 19.2 Å². The van der Waals surface area contributed by atoms with Gasteiger partial charge in [-0.25, -0.2) is 0 Å². The third kappa shape index (κ3) is 10.8. The van der Waals surface area contributed by atoms with Crippen LogP contribution in [0.5, 0.6) is 0 Å². The van der Waals surface area contributed by atoms with E-state index in [2.05, 4.69) is 91.8 Å². The molecule has 8 rings (SSSR count). The lowest BCUT2D eigenvalue weighted by molar-refractivity contribution is -0.125. The van der Waals surface area contributed by atoms with E-state index in [9.17, 15) is 0 Å². The van der Waals surface area contributed by atoms with Crippen LogP contribution in [0.25, 0.3) is 32.5 Å². The van der Waals surface area contributed by atoms with Crippen LogP contribution in [0.2, 0.25) is 0 Å². The monoisotopic (exact) mass is 1050 g/mol. The fourth-order valence-electron chi connectivity index (χ4n) is 11.3. The Balaban J connectivity index is 1.21. The summed E-state index contributed by atoms with van der Waals surface area (Å²) in [6.07, 6.45) is 21.2. The molecule has 0 radical (unpaired) electrons. The zero-order chi connectivity index (χ0) is 51.1. The van der Waals surface area contributed by atoms with Gasteiger partial charge in [-0.15, -0.1) is 45.3 Å². The Labute approximate surface area is 446 Å². The minimum absolute atomic E-state index is 0.0597. The molecule has 4 amide bonds. The van der Waals surface area contributed by atoms with Crippen LogP contribution in [0.15, 0.2) is 81.6 Å². The number of hydrogen-bond acceptors (Lipinski definition) is 8. The number of hydrogen-bond donors (Lipinski definition) is 0. The molecule has 4 aliphatic heterocycles. The van der Waals surface area contributed by atoms with Crippen LogP contribution >= 0.6 is 45.3 Å². The first-order chi connectivity index (χ1) is 35.0. The first kappa shape index (κ1) is 53.9. The third-order valence-corrected chi connectivity index (χ3v) is 19.4. The van der Waals surface area contributed by atoms with Crippen LogP contribution in [0.4, 0.5) is 0 Å². The van der Waals surface area contributed by atoms with E-state index in [0.29, 0.717) is 22.3 Å². The van der Waals surface area contributed by atoms with Gasteiger partial charge in [-0.1, -0.05) is 143 Å². The van der Waals surface area contributed by atoms with E-state index in [1.54, 1.807) is 45.3 Å². The summed E-state index contributed by atoms with van der Waals surface area (Å²) in [5, 5.41) is 4.07. The van der Waals surface area contributed by atoms with Gasteiger partial charge in [0, 0.05) is 33.9 Å². The summed E-state index contributed by atoms with van der Waals surface area (Å²) in [7, 11) is 0. The molecule has 4 unspecified atom stereocenters. The second-order valence-electron chi connectivity index (χ2n) is 20.7. The summed E-state index contributed by atoms with van der Waals surface area (Å²) in [5.41, 5.74) is 5.17. The average molecular weight is 1050 g/mol. The van der Waals surface area contributed by atoms with Crippen molar-refractivity contribution in [3.05, 3.63) is 101 Å². The Kier molecular flexibility index (Phi) is 18.6. The molecular formula is C60H78N4O4S4. The fraction of sp³-hybridized carbons (Fsp3) is 0.533. The lowest BCUT2D eigenvalue weighted by Gasteiger charge is -2.31. The van der Waals surface area contributed by atoms with E-state index < -0.39 is 0 Å². The molecular weight excluding hydrogens is 969 g/mol. The Hall–Kier alpha value is -4.36. The first-order valence-corrected chi connectivity index (χ1v) is 31.0. The Morgan fingerprint density at radius 2 is 0.611 bits per heavy atom. The smallest absolute Gasteiger partial charge is 0.261 e. The number of amides is 4. The van der Waals surface area contributed by atoms with E-state index in [4.69, 9.17) is 0 Å². The Bertz CT molecular complexity index is 2500. The topological polar surface area (TPSA) is 81.2 Å². The van der Waals surface area contributed by atoms with Crippen molar-refractivity contribution in [2.24, 2.45) is 0 Å². The molecule has 386 valence electrons. The van der Waals surface area contributed by atoms with Crippen LogP contribution in [0, 0.1) is 0 Å².